The number of benzene rings is 2. The SMILES string of the molecule is O=C(CCN1CCNCC1Cc1ccccc1F)c1cccc([N+](=O)[O-])c1. The highest BCUT2D eigenvalue weighted by Crippen LogP contribution is 2.17. The first kappa shape index (κ1) is 19.1. The van der Waals surface area contributed by atoms with E-state index in [0.717, 1.165) is 19.6 Å². The number of nitro benzene ring substituents is 1. The fourth-order valence-electron chi connectivity index (χ4n) is 3.40. The molecular formula is C20H22FN3O3. The van der Waals surface area contributed by atoms with Gasteiger partial charge < -0.3 is 5.32 Å². The van der Waals surface area contributed by atoms with Crippen molar-refractivity contribution in [3.63, 3.8) is 0 Å². The third-order valence-corrected chi connectivity index (χ3v) is 4.89. The average molecular weight is 371 g/mol. The number of nitrogens with one attached hydrogen (secondary N) is 1. The van der Waals surface area contributed by atoms with E-state index in [4.69, 9.17) is 0 Å². The lowest BCUT2D eigenvalue weighted by Gasteiger charge is -2.36. The fraction of sp³-hybridized carbons (Fsp3) is 0.350. The van der Waals surface area contributed by atoms with Crippen molar-refractivity contribution in [1.29, 1.82) is 0 Å². The summed E-state index contributed by atoms with van der Waals surface area (Å²) in [5.74, 6) is -0.336. The lowest BCUT2D eigenvalue weighted by atomic mass is 10.0. The lowest BCUT2D eigenvalue weighted by Crippen LogP contribution is -2.52. The minimum absolute atomic E-state index is 0.0829. The number of hydrogen-bond donors (Lipinski definition) is 1. The quantitative estimate of drug-likeness (QED) is 0.460. The predicted octanol–water partition coefficient (Wildman–Crippen LogP) is 2.82. The summed E-state index contributed by atoms with van der Waals surface area (Å²) in [7, 11) is 0. The first-order chi connectivity index (χ1) is 13.0. The molecule has 0 bridgehead atoms. The van der Waals surface area contributed by atoms with Crippen LogP contribution in [0.2, 0.25) is 0 Å². The molecule has 0 spiro atoms. The van der Waals surface area contributed by atoms with Crippen molar-refractivity contribution in [2.24, 2.45) is 0 Å². The molecule has 0 radical (unpaired) electrons. The van der Waals surface area contributed by atoms with Crippen LogP contribution in [0.15, 0.2) is 48.5 Å². The van der Waals surface area contributed by atoms with E-state index in [9.17, 15) is 19.3 Å². The zero-order chi connectivity index (χ0) is 19.2. The number of Topliss-reactive ketones (excluding diaryl/α,β-unsaturated/α-hetero) is 1. The number of carbonyl (C=O) groups is 1. The fourth-order valence-corrected chi connectivity index (χ4v) is 3.40. The number of rotatable bonds is 7. The molecule has 1 saturated heterocycles. The van der Waals surface area contributed by atoms with Gasteiger partial charge in [-0.2, -0.15) is 0 Å². The summed E-state index contributed by atoms with van der Waals surface area (Å²) in [5.41, 5.74) is 0.937. The average Bonchev–Trinajstić information content (AvgIpc) is 2.69. The van der Waals surface area contributed by atoms with Crippen molar-refractivity contribution in [1.82, 2.24) is 10.2 Å². The molecule has 1 fully saturated rings. The van der Waals surface area contributed by atoms with Crippen molar-refractivity contribution in [3.8, 4) is 0 Å². The zero-order valence-corrected chi connectivity index (χ0v) is 14.9. The number of non-ortho nitro benzene ring substituents is 1. The van der Waals surface area contributed by atoms with E-state index >= 15 is 0 Å². The summed E-state index contributed by atoms with van der Waals surface area (Å²) in [6.45, 7) is 2.88. The second-order valence-corrected chi connectivity index (χ2v) is 6.67. The third-order valence-electron chi connectivity index (χ3n) is 4.89. The maximum absolute atomic E-state index is 14.0. The number of ketones is 1. The van der Waals surface area contributed by atoms with Crippen LogP contribution >= 0.6 is 0 Å². The molecule has 7 heteroatoms. The van der Waals surface area contributed by atoms with Crippen LogP contribution in [0.4, 0.5) is 10.1 Å². The Labute approximate surface area is 157 Å². The van der Waals surface area contributed by atoms with Crippen LogP contribution < -0.4 is 5.32 Å². The van der Waals surface area contributed by atoms with E-state index in [1.165, 1.54) is 24.3 Å². The van der Waals surface area contributed by atoms with Gasteiger partial charge in [-0.25, -0.2) is 4.39 Å². The van der Waals surface area contributed by atoms with Crippen molar-refractivity contribution in [2.75, 3.05) is 26.2 Å². The van der Waals surface area contributed by atoms with Gasteiger partial charge in [0.15, 0.2) is 5.78 Å². The van der Waals surface area contributed by atoms with Gasteiger partial charge in [0.1, 0.15) is 5.82 Å². The molecule has 6 nitrogen and oxygen atoms in total. The number of nitro groups is 1. The molecular weight excluding hydrogens is 349 g/mol. The largest absolute Gasteiger partial charge is 0.314 e. The first-order valence-electron chi connectivity index (χ1n) is 9.00. The Kier molecular flexibility index (Phi) is 6.26. The number of halogens is 1. The Morgan fingerprint density at radius 3 is 2.85 bits per heavy atom. The molecule has 3 rings (SSSR count). The second kappa shape index (κ2) is 8.83. The van der Waals surface area contributed by atoms with E-state index in [1.54, 1.807) is 18.2 Å². The van der Waals surface area contributed by atoms with Crippen molar-refractivity contribution < 1.29 is 14.1 Å². The molecule has 0 aliphatic carbocycles. The first-order valence-corrected chi connectivity index (χ1v) is 9.00. The summed E-state index contributed by atoms with van der Waals surface area (Å²) in [6.07, 6.45) is 0.847. The summed E-state index contributed by atoms with van der Waals surface area (Å²) in [6, 6.07) is 12.7. The molecule has 0 amide bonds. The lowest BCUT2D eigenvalue weighted by molar-refractivity contribution is -0.384. The third kappa shape index (κ3) is 4.96. The van der Waals surface area contributed by atoms with Gasteiger partial charge in [-0.3, -0.25) is 19.8 Å². The van der Waals surface area contributed by atoms with Crippen molar-refractivity contribution in [3.05, 3.63) is 75.6 Å². The van der Waals surface area contributed by atoms with E-state index in [1.807, 2.05) is 6.07 Å². The van der Waals surface area contributed by atoms with E-state index < -0.39 is 4.92 Å². The molecule has 1 aliphatic rings. The van der Waals surface area contributed by atoms with Crippen LogP contribution in [-0.2, 0) is 6.42 Å². The summed E-state index contributed by atoms with van der Waals surface area (Å²) in [4.78, 5) is 25.0. The number of carbonyl (C=O) groups excluding carboxylic acids is 1. The van der Waals surface area contributed by atoms with Crippen molar-refractivity contribution in [2.45, 2.75) is 18.9 Å². The summed E-state index contributed by atoms with van der Waals surface area (Å²) in [5, 5.41) is 14.2. The topological polar surface area (TPSA) is 75.5 Å². The maximum Gasteiger partial charge on any atom is 0.270 e. The predicted molar refractivity (Wildman–Crippen MR) is 100 cm³/mol. The minimum Gasteiger partial charge on any atom is -0.314 e. The number of hydrogen-bond acceptors (Lipinski definition) is 5. The second-order valence-electron chi connectivity index (χ2n) is 6.67. The van der Waals surface area contributed by atoms with Crippen LogP contribution in [0, 0.1) is 15.9 Å². The van der Waals surface area contributed by atoms with Gasteiger partial charge >= 0.3 is 0 Å². The Hall–Kier alpha value is -2.64. The van der Waals surface area contributed by atoms with Gasteiger partial charge in [0, 0.05) is 56.3 Å². The zero-order valence-electron chi connectivity index (χ0n) is 14.9. The molecule has 0 saturated carbocycles. The Balaban J connectivity index is 1.63. The van der Waals surface area contributed by atoms with Crippen molar-refractivity contribution >= 4 is 11.5 Å². The van der Waals surface area contributed by atoms with Gasteiger partial charge in [0.2, 0.25) is 0 Å². The molecule has 27 heavy (non-hydrogen) atoms. The normalized spacial score (nSPS) is 17.6. The molecule has 1 heterocycles. The smallest absolute Gasteiger partial charge is 0.270 e. The molecule has 142 valence electrons. The van der Waals surface area contributed by atoms with Gasteiger partial charge in [0.05, 0.1) is 4.92 Å². The minimum atomic E-state index is -0.502. The highest BCUT2D eigenvalue weighted by atomic mass is 19.1. The molecule has 0 aromatic heterocycles. The monoisotopic (exact) mass is 371 g/mol. The molecule has 1 aliphatic heterocycles. The van der Waals surface area contributed by atoms with Gasteiger partial charge in [-0.15, -0.1) is 0 Å². The summed E-state index contributed by atoms with van der Waals surface area (Å²) >= 11 is 0. The Bertz CT molecular complexity index is 828. The molecule has 1 N–H and O–H groups in total. The maximum atomic E-state index is 14.0. The molecule has 2 aromatic rings. The number of nitrogens with zero attached hydrogens (tertiary/aromatic N) is 2. The van der Waals surface area contributed by atoms with Crippen LogP contribution in [0.1, 0.15) is 22.3 Å². The summed E-state index contributed by atoms with van der Waals surface area (Å²) < 4.78 is 14.0. The Morgan fingerprint density at radius 2 is 2.07 bits per heavy atom. The standard InChI is InChI=1S/C20H22FN3O3/c21-19-7-2-1-4-15(19)12-18-14-22-9-11-23(18)10-8-20(25)16-5-3-6-17(13-16)24(26)27/h1-7,13,18,22H,8-12,14H2. The van der Waals surface area contributed by atoms with Gasteiger partial charge in [-0.05, 0) is 18.1 Å². The van der Waals surface area contributed by atoms with Crippen LogP contribution in [-0.4, -0.2) is 47.8 Å². The highest BCUT2D eigenvalue weighted by molar-refractivity contribution is 5.96. The van der Waals surface area contributed by atoms with Gasteiger partial charge in [0.25, 0.3) is 5.69 Å². The highest BCUT2D eigenvalue weighted by Gasteiger charge is 2.24. The molecule has 1 unspecified atom stereocenters. The van der Waals surface area contributed by atoms with E-state index in [2.05, 4.69) is 10.2 Å². The Morgan fingerprint density at radius 1 is 1.26 bits per heavy atom. The number of piperazine rings is 1. The molecule has 2 aromatic carbocycles. The van der Waals surface area contributed by atoms with Gasteiger partial charge in [-0.1, -0.05) is 30.3 Å². The molecule has 1 atom stereocenters. The van der Waals surface area contributed by atoms with Crippen LogP contribution in [0.25, 0.3) is 0 Å². The van der Waals surface area contributed by atoms with Crippen LogP contribution in [0.5, 0.6) is 0 Å². The van der Waals surface area contributed by atoms with E-state index in [-0.39, 0.29) is 29.8 Å². The van der Waals surface area contributed by atoms with E-state index in [0.29, 0.717) is 24.1 Å². The van der Waals surface area contributed by atoms with Crippen LogP contribution in [0.3, 0.4) is 0 Å².